The van der Waals surface area contributed by atoms with E-state index in [1.165, 1.54) is 11.8 Å². The average molecular weight is 360 g/mol. The molecule has 0 saturated heterocycles. The summed E-state index contributed by atoms with van der Waals surface area (Å²) < 4.78 is 10.4. The first kappa shape index (κ1) is 19.1. The lowest BCUT2D eigenvalue weighted by Crippen LogP contribution is -2.25. The number of nitrogens with one attached hydrogen (secondary N) is 1. The quantitative estimate of drug-likeness (QED) is 0.347. The summed E-state index contributed by atoms with van der Waals surface area (Å²) in [5, 5.41) is 5.02. The van der Waals surface area contributed by atoms with Gasteiger partial charge in [-0.3, -0.25) is 5.43 Å². The SMILES string of the molecule is COc1cc(OC)nc(SC(/C=N/Nc2ccccc2)C(C)(C)C)n1. The van der Waals surface area contributed by atoms with Gasteiger partial charge in [0.2, 0.25) is 11.8 Å². The molecule has 1 N–H and O–H groups in total. The third kappa shape index (κ3) is 5.94. The van der Waals surface area contributed by atoms with E-state index in [9.17, 15) is 0 Å². The van der Waals surface area contributed by atoms with Gasteiger partial charge in [0.25, 0.3) is 0 Å². The summed E-state index contributed by atoms with van der Waals surface area (Å²) in [5.41, 5.74) is 3.95. The molecule has 1 unspecified atom stereocenters. The van der Waals surface area contributed by atoms with Gasteiger partial charge >= 0.3 is 0 Å². The fourth-order valence-electron chi connectivity index (χ4n) is 1.88. The second-order valence-corrected chi connectivity index (χ2v) is 7.50. The highest BCUT2D eigenvalue weighted by Gasteiger charge is 2.26. The molecule has 2 aromatic rings. The van der Waals surface area contributed by atoms with E-state index in [1.807, 2.05) is 36.5 Å². The van der Waals surface area contributed by atoms with Crippen LogP contribution in [0.3, 0.4) is 0 Å². The first-order valence-electron chi connectivity index (χ1n) is 7.90. The van der Waals surface area contributed by atoms with Gasteiger partial charge in [-0.25, -0.2) is 0 Å². The normalized spacial score (nSPS) is 12.8. The van der Waals surface area contributed by atoms with Crippen LogP contribution in [-0.2, 0) is 0 Å². The number of rotatable bonds is 7. The third-order valence-electron chi connectivity index (χ3n) is 3.34. The number of aromatic nitrogens is 2. The standard InChI is InChI=1S/C18H24N4O2S/c1-18(2,3)14(12-19-22-13-9-7-6-8-10-13)25-17-20-15(23-4)11-16(21-17)24-5/h6-12,14,22H,1-5H3/b19-12+. The summed E-state index contributed by atoms with van der Waals surface area (Å²) in [7, 11) is 3.14. The van der Waals surface area contributed by atoms with E-state index in [-0.39, 0.29) is 10.7 Å². The van der Waals surface area contributed by atoms with Crippen molar-refractivity contribution >= 4 is 23.7 Å². The van der Waals surface area contributed by atoms with Crippen LogP contribution in [-0.4, -0.2) is 35.7 Å². The van der Waals surface area contributed by atoms with Crippen LogP contribution in [0.2, 0.25) is 0 Å². The van der Waals surface area contributed by atoms with Gasteiger partial charge < -0.3 is 9.47 Å². The molecule has 7 heteroatoms. The summed E-state index contributed by atoms with van der Waals surface area (Å²) in [4.78, 5) is 8.77. The van der Waals surface area contributed by atoms with Crippen LogP contribution < -0.4 is 14.9 Å². The fraction of sp³-hybridized carbons (Fsp3) is 0.389. The van der Waals surface area contributed by atoms with Gasteiger partial charge in [-0.15, -0.1) is 0 Å². The highest BCUT2D eigenvalue weighted by Crippen LogP contribution is 2.34. The number of anilines is 1. The van der Waals surface area contributed by atoms with Gasteiger partial charge in [0.1, 0.15) is 0 Å². The maximum Gasteiger partial charge on any atom is 0.220 e. The molecular formula is C18H24N4O2S. The van der Waals surface area contributed by atoms with Gasteiger partial charge in [0.15, 0.2) is 5.16 Å². The molecule has 2 rings (SSSR count). The molecule has 6 nitrogen and oxygen atoms in total. The van der Waals surface area contributed by atoms with Crippen molar-refractivity contribution < 1.29 is 9.47 Å². The van der Waals surface area contributed by atoms with E-state index >= 15 is 0 Å². The van der Waals surface area contributed by atoms with E-state index in [0.29, 0.717) is 16.9 Å². The van der Waals surface area contributed by atoms with Gasteiger partial charge in [0, 0.05) is 6.21 Å². The van der Waals surface area contributed by atoms with Gasteiger partial charge in [-0.1, -0.05) is 50.7 Å². The average Bonchev–Trinajstić information content (AvgIpc) is 2.60. The van der Waals surface area contributed by atoms with E-state index in [1.54, 1.807) is 20.3 Å². The molecule has 0 aliphatic heterocycles. The van der Waals surface area contributed by atoms with Crippen LogP contribution in [0.5, 0.6) is 11.8 Å². The van der Waals surface area contributed by atoms with Crippen LogP contribution in [0.1, 0.15) is 20.8 Å². The highest BCUT2D eigenvalue weighted by molar-refractivity contribution is 8.00. The van der Waals surface area contributed by atoms with Crippen molar-refractivity contribution in [3.63, 3.8) is 0 Å². The number of hydrogen-bond acceptors (Lipinski definition) is 7. The molecule has 0 amide bonds. The van der Waals surface area contributed by atoms with E-state index in [0.717, 1.165) is 5.69 Å². The molecule has 0 fully saturated rings. The molecule has 1 heterocycles. The first-order valence-corrected chi connectivity index (χ1v) is 8.78. The van der Waals surface area contributed by atoms with Crippen molar-refractivity contribution in [1.82, 2.24) is 9.97 Å². The van der Waals surface area contributed by atoms with Crippen LogP contribution in [0.15, 0.2) is 46.7 Å². The Kier molecular flexibility index (Phi) is 6.64. The van der Waals surface area contributed by atoms with Crippen LogP contribution in [0, 0.1) is 5.41 Å². The molecule has 0 bridgehead atoms. The van der Waals surface area contributed by atoms with Crippen molar-refractivity contribution in [3.8, 4) is 11.8 Å². The molecule has 0 spiro atoms. The van der Waals surface area contributed by atoms with E-state index in [4.69, 9.17) is 9.47 Å². The number of hydrogen-bond donors (Lipinski definition) is 1. The molecule has 1 aromatic carbocycles. The molecule has 0 aliphatic rings. The van der Waals surface area contributed by atoms with Crippen molar-refractivity contribution in [2.75, 3.05) is 19.6 Å². The molecule has 1 aromatic heterocycles. The number of benzene rings is 1. The Morgan fingerprint density at radius 2 is 1.68 bits per heavy atom. The van der Waals surface area contributed by atoms with Gasteiger partial charge in [-0.2, -0.15) is 15.1 Å². The maximum absolute atomic E-state index is 5.21. The van der Waals surface area contributed by atoms with Crippen LogP contribution in [0.4, 0.5) is 5.69 Å². The maximum atomic E-state index is 5.21. The Balaban J connectivity index is 2.15. The summed E-state index contributed by atoms with van der Waals surface area (Å²) >= 11 is 1.52. The second kappa shape index (κ2) is 8.71. The smallest absolute Gasteiger partial charge is 0.220 e. The largest absolute Gasteiger partial charge is 0.481 e. The Hall–Kier alpha value is -2.28. The molecule has 1 atom stereocenters. The predicted molar refractivity (Wildman–Crippen MR) is 103 cm³/mol. The number of hydrazone groups is 1. The second-order valence-electron chi connectivity index (χ2n) is 6.40. The summed E-state index contributed by atoms with van der Waals surface area (Å²) in [5.74, 6) is 0.947. The zero-order valence-corrected chi connectivity index (χ0v) is 16.0. The summed E-state index contributed by atoms with van der Waals surface area (Å²) in [6.45, 7) is 6.45. The zero-order valence-electron chi connectivity index (χ0n) is 15.2. The Morgan fingerprint density at radius 1 is 1.08 bits per heavy atom. The van der Waals surface area contributed by atoms with Crippen molar-refractivity contribution in [2.24, 2.45) is 10.5 Å². The van der Waals surface area contributed by atoms with Crippen molar-refractivity contribution in [3.05, 3.63) is 36.4 Å². The summed E-state index contributed by atoms with van der Waals surface area (Å²) in [6.07, 6.45) is 1.88. The number of nitrogens with zero attached hydrogens (tertiary/aromatic N) is 3. The number of thioether (sulfide) groups is 1. The first-order chi connectivity index (χ1) is 11.9. The van der Waals surface area contributed by atoms with E-state index in [2.05, 4.69) is 41.3 Å². The molecular weight excluding hydrogens is 336 g/mol. The third-order valence-corrected chi connectivity index (χ3v) is 4.82. The molecule has 0 radical (unpaired) electrons. The number of ether oxygens (including phenoxy) is 2. The van der Waals surface area contributed by atoms with Crippen LogP contribution in [0.25, 0.3) is 0 Å². The molecule has 0 saturated carbocycles. The Labute approximate surface area is 153 Å². The number of para-hydroxylation sites is 1. The minimum absolute atomic E-state index is 0.0355. The highest BCUT2D eigenvalue weighted by atomic mass is 32.2. The molecule has 134 valence electrons. The number of methoxy groups -OCH3 is 2. The van der Waals surface area contributed by atoms with Gasteiger partial charge in [-0.05, 0) is 17.5 Å². The lowest BCUT2D eigenvalue weighted by Gasteiger charge is -2.26. The monoisotopic (exact) mass is 360 g/mol. The van der Waals surface area contributed by atoms with E-state index < -0.39 is 0 Å². The molecule has 25 heavy (non-hydrogen) atoms. The topological polar surface area (TPSA) is 68.6 Å². The van der Waals surface area contributed by atoms with Gasteiger partial charge in [0.05, 0.1) is 31.2 Å². The fourth-order valence-corrected chi connectivity index (χ4v) is 2.87. The minimum atomic E-state index is -0.0355. The lowest BCUT2D eigenvalue weighted by atomic mass is 9.92. The zero-order chi connectivity index (χ0) is 18.3. The summed E-state index contributed by atoms with van der Waals surface area (Å²) in [6, 6.07) is 11.5. The minimum Gasteiger partial charge on any atom is -0.481 e. The van der Waals surface area contributed by atoms with Crippen LogP contribution >= 0.6 is 11.8 Å². The van der Waals surface area contributed by atoms with Crippen molar-refractivity contribution in [1.29, 1.82) is 0 Å². The van der Waals surface area contributed by atoms with Crippen molar-refractivity contribution in [2.45, 2.75) is 31.2 Å². The Bertz CT molecular complexity index is 680. The predicted octanol–water partition coefficient (Wildman–Crippen LogP) is 4.10. The lowest BCUT2D eigenvalue weighted by molar-refractivity contribution is 0.364. The Morgan fingerprint density at radius 3 is 2.20 bits per heavy atom. The molecule has 0 aliphatic carbocycles.